The Morgan fingerprint density at radius 3 is 3.19 bits per heavy atom. The lowest BCUT2D eigenvalue weighted by molar-refractivity contribution is -0.136. The van der Waals surface area contributed by atoms with Crippen molar-refractivity contribution in [3.05, 3.63) is 17.7 Å². The van der Waals surface area contributed by atoms with Crippen LogP contribution in [0.5, 0.6) is 0 Å². The number of H-pyrrole nitrogens is 1. The molecule has 88 valence electrons. The molecule has 0 spiro atoms. The molecular weight excluding hydrogens is 224 g/mol. The van der Waals surface area contributed by atoms with Crippen molar-refractivity contribution in [3.63, 3.8) is 0 Å². The third-order valence-electron chi connectivity index (χ3n) is 3.04. The Bertz CT molecular complexity index is 383. The average molecular weight is 240 g/mol. The summed E-state index contributed by atoms with van der Waals surface area (Å²) in [4.78, 5) is 17.9. The lowest BCUT2D eigenvalue weighted by atomic mass is 9.84. The van der Waals surface area contributed by atoms with E-state index in [9.17, 15) is 4.79 Å². The monoisotopic (exact) mass is 240 g/mol. The van der Waals surface area contributed by atoms with Crippen molar-refractivity contribution in [2.75, 3.05) is 11.5 Å². The van der Waals surface area contributed by atoms with E-state index in [2.05, 4.69) is 16.9 Å². The van der Waals surface area contributed by atoms with Crippen molar-refractivity contribution < 1.29 is 9.90 Å². The minimum atomic E-state index is -0.843. The molecule has 1 aromatic heterocycles. The third-order valence-corrected chi connectivity index (χ3v) is 4.45. The predicted molar refractivity (Wildman–Crippen MR) is 63.8 cm³/mol. The Morgan fingerprint density at radius 2 is 2.56 bits per heavy atom. The number of aromatic amines is 1. The molecule has 1 aliphatic rings. The molecule has 2 heterocycles. The van der Waals surface area contributed by atoms with Gasteiger partial charge < -0.3 is 10.1 Å². The highest BCUT2D eigenvalue weighted by Gasteiger charge is 2.31. The number of nitrogens with one attached hydrogen (secondary N) is 1. The van der Waals surface area contributed by atoms with Gasteiger partial charge in [0.15, 0.2) is 0 Å². The van der Waals surface area contributed by atoms with Crippen LogP contribution in [-0.2, 0) is 16.6 Å². The fourth-order valence-corrected chi connectivity index (χ4v) is 3.29. The van der Waals surface area contributed by atoms with Crippen molar-refractivity contribution in [1.29, 1.82) is 0 Å². The maximum absolute atomic E-state index is 10.6. The third kappa shape index (κ3) is 2.40. The summed E-state index contributed by atoms with van der Waals surface area (Å²) in [7, 11) is 0. The highest BCUT2D eigenvalue weighted by Crippen LogP contribution is 2.36. The van der Waals surface area contributed by atoms with Crippen LogP contribution in [0, 0.1) is 0 Å². The van der Waals surface area contributed by atoms with Crippen molar-refractivity contribution >= 4 is 17.7 Å². The van der Waals surface area contributed by atoms with Crippen LogP contribution >= 0.6 is 11.8 Å². The number of thioether (sulfide) groups is 1. The van der Waals surface area contributed by atoms with E-state index in [-0.39, 0.29) is 11.8 Å². The summed E-state index contributed by atoms with van der Waals surface area (Å²) in [5.41, 5.74) is 1.21. The lowest BCUT2D eigenvalue weighted by Crippen LogP contribution is -2.29. The second-order valence-electron chi connectivity index (χ2n) is 4.53. The number of aromatic nitrogens is 2. The number of aliphatic carboxylic acids is 1. The molecule has 1 aliphatic heterocycles. The molecule has 0 saturated carbocycles. The number of carboxylic acid groups (broad SMARTS) is 1. The van der Waals surface area contributed by atoms with Gasteiger partial charge in [0.25, 0.3) is 0 Å². The highest BCUT2D eigenvalue weighted by atomic mass is 32.2. The molecule has 1 aromatic rings. The molecule has 1 unspecified atom stereocenters. The summed E-state index contributed by atoms with van der Waals surface area (Å²) in [6.07, 6.45) is 4.14. The number of hydrogen-bond acceptors (Lipinski definition) is 3. The molecule has 0 bridgehead atoms. The molecule has 16 heavy (non-hydrogen) atoms. The number of imidazole rings is 1. The molecule has 4 nitrogen and oxygen atoms in total. The van der Waals surface area contributed by atoms with Crippen LogP contribution < -0.4 is 0 Å². The van der Waals surface area contributed by atoms with E-state index in [1.165, 1.54) is 12.2 Å². The summed E-state index contributed by atoms with van der Waals surface area (Å²) in [6.45, 7) is 2.22. The Balaban J connectivity index is 2.13. The predicted octanol–water partition coefficient (Wildman–Crippen LogP) is 1.82. The zero-order chi connectivity index (χ0) is 11.6. The quantitative estimate of drug-likeness (QED) is 0.845. The fourth-order valence-electron chi connectivity index (χ4n) is 2.05. The van der Waals surface area contributed by atoms with Crippen LogP contribution in [0.15, 0.2) is 6.20 Å². The van der Waals surface area contributed by atoms with Crippen LogP contribution in [0.3, 0.4) is 0 Å². The van der Waals surface area contributed by atoms with Gasteiger partial charge in [-0.05, 0) is 18.6 Å². The standard InChI is InChI=1S/C11H16N2O2S/c1-11(3-2-4-16-7-11)8-6-12-9(13-8)5-10(14)15/h6H,2-5,7H2,1H3,(H,12,13)(H,14,15). The molecule has 0 aromatic carbocycles. The molecule has 5 heteroatoms. The van der Waals surface area contributed by atoms with Crippen LogP contribution in [0.4, 0.5) is 0 Å². The molecule has 1 fully saturated rings. The molecule has 2 rings (SSSR count). The van der Waals surface area contributed by atoms with E-state index in [1.54, 1.807) is 6.20 Å². The van der Waals surface area contributed by atoms with Crippen molar-refractivity contribution in [2.45, 2.75) is 31.6 Å². The lowest BCUT2D eigenvalue weighted by Gasteiger charge is -2.31. The van der Waals surface area contributed by atoms with Gasteiger partial charge in [0, 0.05) is 23.1 Å². The summed E-state index contributed by atoms with van der Waals surface area (Å²) >= 11 is 1.96. The zero-order valence-electron chi connectivity index (χ0n) is 9.32. The summed E-state index contributed by atoms with van der Waals surface area (Å²) in [5.74, 6) is 2.02. The zero-order valence-corrected chi connectivity index (χ0v) is 10.1. The van der Waals surface area contributed by atoms with E-state index >= 15 is 0 Å². The number of carbonyl (C=O) groups is 1. The first-order valence-electron chi connectivity index (χ1n) is 5.44. The molecule has 1 saturated heterocycles. The summed E-state index contributed by atoms with van der Waals surface area (Å²) in [5, 5.41) is 8.69. The largest absolute Gasteiger partial charge is 0.481 e. The molecule has 1 atom stereocenters. The van der Waals surface area contributed by atoms with Gasteiger partial charge in [-0.2, -0.15) is 11.8 Å². The van der Waals surface area contributed by atoms with Gasteiger partial charge in [-0.1, -0.05) is 6.92 Å². The van der Waals surface area contributed by atoms with Crippen molar-refractivity contribution in [1.82, 2.24) is 9.97 Å². The SMILES string of the molecule is CC1(c2cnc(CC(=O)O)[nH]2)CCCSC1. The summed E-state index contributed by atoms with van der Waals surface area (Å²) in [6, 6.07) is 0. The van der Waals surface area contributed by atoms with Crippen LogP contribution in [-0.4, -0.2) is 32.5 Å². The Labute approximate surface area is 98.9 Å². The molecule has 0 aliphatic carbocycles. The van der Waals surface area contributed by atoms with Gasteiger partial charge in [-0.3, -0.25) is 4.79 Å². The van der Waals surface area contributed by atoms with Crippen molar-refractivity contribution in [3.8, 4) is 0 Å². The van der Waals surface area contributed by atoms with Gasteiger partial charge >= 0.3 is 5.97 Å². The first-order chi connectivity index (χ1) is 7.60. The summed E-state index contributed by atoms with van der Waals surface area (Å²) < 4.78 is 0. The van der Waals surface area contributed by atoms with Gasteiger partial charge in [-0.15, -0.1) is 0 Å². The minimum absolute atomic E-state index is 0.0246. The van der Waals surface area contributed by atoms with E-state index in [1.807, 2.05) is 11.8 Å². The van der Waals surface area contributed by atoms with Gasteiger partial charge in [-0.25, -0.2) is 4.98 Å². The Morgan fingerprint density at radius 1 is 1.75 bits per heavy atom. The van der Waals surface area contributed by atoms with Crippen molar-refractivity contribution in [2.24, 2.45) is 0 Å². The smallest absolute Gasteiger partial charge is 0.311 e. The first kappa shape index (κ1) is 11.5. The number of nitrogens with zero attached hydrogens (tertiary/aromatic N) is 1. The van der Waals surface area contributed by atoms with Crippen LogP contribution in [0.25, 0.3) is 0 Å². The van der Waals surface area contributed by atoms with Crippen LogP contribution in [0.1, 0.15) is 31.3 Å². The minimum Gasteiger partial charge on any atom is -0.481 e. The average Bonchev–Trinajstić information content (AvgIpc) is 2.67. The van der Waals surface area contributed by atoms with Gasteiger partial charge in [0.2, 0.25) is 0 Å². The number of rotatable bonds is 3. The Hall–Kier alpha value is -0.970. The van der Waals surface area contributed by atoms with E-state index in [0.717, 1.165) is 17.9 Å². The molecule has 0 amide bonds. The van der Waals surface area contributed by atoms with Crippen LogP contribution in [0.2, 0.25) is 0 Å². The van der Waals surface area contributed by atoms with E-state index in [0.29, 0.717) is 5.82 Å². The topological polar surface area (TPSA) is 66.0 Å². The second-order valence-corrected chi connectivity index (χ2v) is 5.64. The maximum Gasteiger partial charge on any atom is 0.311 e. The van der Waals surface area contributed by atoms with Gasteiger partial charge in [0.05, 0.1) is 0 Å². The first-order valence-corrected chi connectivity index (χ1v) is 6.59. The normalized spacial score (nSPS) is 25.6. The van der Waals surface area contributed by atoms with E-state index in [4.69, 9.17) is 5.11 Å². The number of carboxylic acids is 1. The Kier molecular flexibility index (Phi) is 3.23. The van der Waals surface area contributed by atoms with E-state index < -0.39 is 5.97 Å². The maximum atomic E-state index is 10.6. The molecule has 0 radical (unpaired) electrons. The van der Waals surface area contributed by atoms with Gasteiger partial charge in [0.1, 0.15) is 12.2 Å². The molecule has 2 N–H and O–H groups in total. The fraction of sp³-hybridized carbons (Fsp3) is 0.636. The number of hydrogen-bond donors (Lipinski definition) is 2. The second kappa shape index (κ2) is 4.49. The highest BCUT2D eigenvalue weighted by molar-refractivity contribution is 7.99. The molecular formula is C11H16N2O2S.